The zero-order valence-electron chi connectivity index (χ0n) is 18.8. The maximum atomic E-state index is 13.8. The van der Waals surface area contributed by atoms with Crippen molar-refractivity contribution in [1.29, 1.82) is 0 Å². The van der Waals surface area contributed by atoms with Crippen LogP contribution in [-0.2, 0) is 14.9 Å². The Balaban J connectivity index is 1.77. The molecule has 8 nitrogen and oxygen atoms in total. The Morgan fingerprint density at radius 2 is 1.94 bits per heavy atom. The van der Waals surface area contributed by atoms with Crippen LogP contribution in [0.15, 0.2) is 36.5 Å². The monoisotopic (exact) mass is 442 g/mol. The summed E-state index contributed by atoms with van der Waals surface area (Å²) in [5.41, 5.74) is 0.782. The quantitative estimate of drug-likeness (QED) is 0.705. The molecule has 0 bridgehead atoms. The molecule has 2 N–H and O–H groups in total. The highest BCUT2D eigenvalue weighted by Gasteiger charge is 2.38. The molecule has 3 amide bonds. The summed E-state index contributed by atoms with van der Waals surface area (Å²) in [5, 5.41) is 5.12. The summed E-state index contributed by atoms with van der Waals surface area (Å²) in [6.45, 7) is 9.39. The van der Waals surface area contributed by atoms with Gasteiger partial charge in [0.2, 0.25) is 11.9 Å². The molecule has 0 saturated carbocycles. The molecule has 2 heterocycles. The zero-order valence-corrected chi connectivity index (χ0v) is 18.8. The number of amides is 3. The maximum Gasteiger partial charge on any atom is 0.408 e. The first kappa shape index (κ1) is 23.2. The van der Waals surface area contributed by atoms with Crippen molar-refractivity contribution in [2.45, 2.75) is 45.6 Å². The van der Waals surface area contributed by atoms with Gasteiger partial charge in [0.1, 0.15) is 12.1 Å². The molecule has 9 heteroatoms. The van der Waals surface area contributed by atoms with E-state index in [9.17, 15) is 18.8 Å². The Morgan fingerprint density at radius 3 is 2.59 bits per heavy atom. The SMILES string of the molecule is CC(C)(C)OC(=O)NCC(=O)N1CC(C)(C)c2ccc(NC(=O)c3cccnc3F)cc21. The Morgan fingerprint density at radius 1 is 1.22 bits per heavy atom. The molecule has 0 spiro atoms. The number of alkyl carbamates (subject to hydrolysis) is 1. The number of fused-ring (bicyclic) bond motifs is 1. The molecule has 1 aliphatic rings. The van der Waals surface area contributed by atoms with Crippen molar-refractivity contribution in [3.8, 4) is 0 Å². The molecule has 170 valence electrons. The minimum Gasteiger partial charge on any atom is -0.444 e. The van der Waals surface area contributed by atoms with Gasteiger partial charge in [-0.1, -0.05) is 19.9 Å². The summed E-state index contributed by atoms with van der Waals surface area (Å²) in [4.78, 5) is 42.3. The molecule has 1 aromatic heterocycles. The number of nitrogens with one attached hydrogen (secondary N) is 2. The summed E-state index contributed by atoms with van der Waals surface area (Å²) in [6.07, 6.45) is 0.585. The Hall–Kier alpha value is -3.49. The van der Waals surface area contributed by atoms with E-state index in [4.69, 9.17) is 4.74 Å². The number of anilines is 2. The molecule has 3 rings (SSSR count). The number of aromatic nitrogens is 1. The number of halogens is 1. The Bertz CT molecular complexity index is 1060. The third-order valence-corrected chi connectivity index (χ3v) is 4.92. The molecule has 32 heavy (non-hydrogen) atoms. The number of ether oxygens (including phenoxy) is 1. The van der Waals surface area contributed by atoms with Crippen LogP contribution in [0.2, 0.25) is 0 Å². The minimum atomic E-state index is -0.864. The first-order valence-electron chi connectivity index (χ1n) is 10.2. The second-order valence-corrected chi connectivity index (χ2v) is 9.25. The van der Waals surface area contributed by atoms with Crippen LogP contribution in [0.3, 0.4) is 0 Å². The van der Waals surface area contributed by atoms with Crippen molar-refractivity contribution >= 4 is 29.3 Å². The molecule has 0 atom stereocenters. The highest BCUT2D eigenvalue weighted by molar-refractivity contribution is 6.05. The molecule has 0 saturated heterocycles. The van der Waals surface area contributed by atoms with Gasteiger partial charge in [0.15, 0.2) is 0 Å². The minimum absolute atomic E-state index is 0.178. The lowest BCUT2D eigenvalue weighted by atomic mass is 9.87. The number of hydrogen-bond donors (Lipinski definition) is 2. The van der Waals surface area contributed by atoms with E-state index < -0.39 is 23.5 Å². The van der Waals surface area contributed by atoms with E-state index in [0.29, 0.717) is 17.9 Å². The number of carbonyl (C=O) groups excluding carboxylic acids is 3. The van der Waals surface area contributed by atoms with Crippen molar-refractivity contribution in [2.24, 2.45) is 0 Å². The molecular formula is C23H27FN4O4. The third-order valence-electron chi connectivity index (χ3n) is 4.92. The second-order valence-electron chi connectivity index (χ2n) is 9.25. The second kappa shape index (κ2) is 8.57. The molecule has 1 aromatic carbocycles. The number of hydrogen-bond acceptors (Lipinski definition) is 5. The van der Waals surface area contributed by atoms with E-state index in [1.807, 2.05) is 19.9 Å². The third kappa shape index (κ3) is 5.22. The molecule has 1 aliphatic heterocycles. The fraction of sp³-hybridized carbons (Fsp3) is 0.391. The van der Waals surface area contributed by atoms with Gasteiger partial charge in [-0.2, -0.15) is 4.39 Å². The normalized spacial score (nSPS) is 14.5. The van der Waals surface area contributed by atoms with Gasteiger partial charge in [-0.25, -0.2) is 9.78 Å². The van der Waals surface area contributed by atoms with Crippen molar-refractivity contribution in [1.82, 2.24) is 10.3 Å². The predicted octanol–water partition coefficient (Wildman–Crippen LogP) is 3.62. The van der Waals surface area contributed by atoms with Crippen LogP contribution >= 0.6 is 0 Å². The summed E-state index contributed by atoms with van der Waals surface area (Å²) >= 11 is 0. The molecule has 0 fully saturated rings. The van der Waals surface area contributed by atoms with Gasteiger partial charge < -0.3 is 20.3 Å². The molecule has 0 unspecified atom stereocenters. The van der Waals surface area contributed by atoms with E-state index >= 15 is 0 Å². The van der Waals surface area contributed by atoms with Gasteiger partial charge in [-0.15, -0.1) is 0 Å². The van der Waals surface area contributed by atoms with Crippen molar-refractivity contribution in [2.75, 3.05) is 23.3 Å². The standard InChI is InChI=1S/C23H27FN4O4/c1-22(2,3)32-21(31)26-12-18(29)28-13-23(4,5)16-9-8-14(11-17(16)28)27-20(30)15-7-6-10-25-19(15)24/h6-11H,12-13H2,1-5H3,(H,26,31)(H,27,30). The molecular weight excluding hydrogens is 415 g/mol. The Kier molecular flexibility index (Phi) is 6.20. The van der Waals surface area contributed by atoms with Gasteiger partial charge in [-0.3, -0.25) is 9.59 Å². The maximum absolute atomic E-state index is 13.8. The van der Waals surface area contributed by atoms with Gasteiger partial charge >= 0.3 is 6.09 Å². The van der Waals surface area contributed by atoms with Gasteiger partial charge in [-0.05, 0) is 50.6 Å². The lowest BCUT2D eigenvalue weighted by molar-refractivity contribution is -0.117. The van der Waals surface area contributed by atoms with Crippen LogP contribution in [-0.4, -0.2) is 41.6 Å². The lowest BCUT2D eigenvalue weighted by Crippen LogP contribution is -2.42. The van der Waals surface area contributed by atoms with Crippen LogP contribution in [0.5, 0.6) is 0 Å². The van der Waals surface area contributed by atoms with Crippen LogP contribution in [0.25, 0.3) is 0 Å². The number of nitrogens with zero attached hydrogens (tertiary/aromatic N) is 2. The zero-order chi connectivity index (χ0) is 23.7. The van der Waals surface area contributed by atoms with Crippen molar-refractivity contribution < 1.29 is 23.5 Å². The van der Waals surface area contributed by atoms with Crippen LogP contribution in [0.1, 0.15) is 50.5 Å². The summed E-state index contributed by atoms with van der Waals surface area (Å²) in [5.74, 6) is -1.82. The largest absolute Gasteiger partial charge is 0.444 e. The fourth-order valence-corrected chi connectivity index (χ4v) is 3.50. The lowest BCUT2D eigenvalue weighted by Gasteiger charge is -2.22. The Labute approximate surface area is 186 Å². The average Bonchev–Trinajstić information content (AvgIpc) is 2.95. The van der Waals surface area contributed by atoms with Crippen LogP contribution < -0.4 is 15.5 Å². The molecule has 0 aliphatic carbocycles. The highest BCUT2D eigenvalue weighted by Crippen LogP contribution is 2.41. The van der Waals surface area contributed by atoms with Crippen LogP contribution in [0, 0.1) is 5.95 Å². The number of carbonyl (C=O) groups is 3. The fourth-order valence-electron chi connectivity index (χ4n) is 3.50. The first-order valence-corrected chi connectivity index (χ1v) is 10.2. The van der Waals surface area contributed by atoms with Crippen molar-refractivity contribution in [3.63, 3.8) is 0 Å². The van der Waals surface area contributed by atoms with Gasteiger partial charge in [0.25, 0.3) is 5.91 Å². The van der Waals surface area contributed by atoms with E-state index in [-0.39, 0.29) is 23.4 Å². The number of rotatable bonds is 4. The number of benzene rings is 1. The van der Waals surface area contributed by atoms with E-state index in [0.717, 1.165) is 5.56 Å². The predicted molar refractivity (Wildman–Crippen MR) is 118 cm³/mol. The van der Waals surface area contributed by atoms with Crippen molar-refractivity contribution in [3.05, 3.63) is 53.6 Å². The summed E-state index contributed by atoms with van der Waals surface area (Å²) < 4.78 is 19.0. The topological polar surface area (TPSA) is 101 Å². The van der Waals surface area contributed by atoms with E-state index in [1.54, 1.807) is 37.8 Å². The first-order chi connectivity index (χ1) is 14.9. The van der Waals surface area contributed by atoms with E-state index in [1.165, 1.54) is 18.3 Å². The number of pyridine rings is 1. The van der Waals surface area contributed by atoms with E-state index in [2.05, 4.69) is 15.6 Å². The van der Waals surface area contributed by atoms with Crippen LogP contribution in [0.4, 0.5) is 20.6 Å². The van der Waals surface area contributed by atoms with Gasteiger partial charge in [0.05, 0.1) is 5.56 Å². The smallest absolute Gasteiger partial charge is 0.408 e. The summed E-state index contributed by atoms with van der Waals surface area (Å²) in [6, 6.07) is 8.02. The van der Waals surface area contributed by atoms with Gasteiger partial charge in [0, 0.05) is 29.5 Å². The average molecular weight is 442 g/mol. The summed E-state index contributed by atoms with van der Waals surface area (Å²) in [7, 11) is 0. The molecule has 0 radical (unpaired) electrons. The highest BCUT2D eigenvalue weighted by atomic mass is 19.1. The molecule has 2 aromatic rings.